The Balaban J connectivity index is 1.62. The van der Waals surface area contributed by atoms with Gasteiger partial charge in [-0.1, -0.05) is 24.3 Å². The van der Waals surface area contributed by atoms with Crippen LogP contribution in [0.5, 0.6) is 0 Å². The number of fused-ring (bicyclic) bond motifs is 3. The molecule has 1 aliphatic heterocycles. The zero-order valence-electron chi connectivity index (χ0n) is 14.8. The van der Waals surface area contributed by atoms with E-state index in [2.05, 4.69) is 27.0 Å². The Morgan fingerprint density at radius 3 is 2.78 bits per heavy atom. The number of nitrogens with zero attached hydrogens (tertiary/aromatic N) is 1. The average molecular weight is 447 g/mol. The van der Waals surface area contributed by atoms with Gasteiger partial charge in [-0.25, -0.2) is 8.42 Å². The van der Waals surface area contributed by atoms with E-state index in [0.717, 1.165) is 27.4 Å². The van der Waals surface area contributed by atoms with E-state index in [4.69, 9.17) is 0 Å². The summed E-state index contributed by atoms with van der Waals surface area (Å²) in [6.07, 6.45) is 1.97. The number of aromatic nitrogens is 1. The van der Waals surface area contributed by atoms with Crippen LogP contribution < -0.4 is 0 Å². The number of halogens is 1. The predicted octanol–water partition coefficient (Wildman–Crippen LogP) is 3.67. The van der Waals surface area contributed by atoms with Gasteiger partial charge < -0.3 is 9.88 Å². The summed E-state index contributed by atoms with van der Waals surface area (Å²) in [6.45, 7) is 1.17. The van der Waals surface area contributed by atoms with Gasteiger partial charge in [0.15, 0.2) is 9.84 Å². The fourth-order valence-electron chi connectivity index (χ4n) is 3.66. The van der Waals surface area contributed by atoms with Crippen LogP contribution in [-0.4, -0.2) is 37.0 Å². The maximum atomic E-state index is 13.0. The summed E-state index contributed by atoms with van der Waals surface area (Å²) in [5, 5.41) is 1.13. The third kappa shape index (κ3) is 3.66. The first-order valence-corrected chi connectivity index (χ1v) is 11.5. The first kappa shape index (κ1) is 18.3. The summed E-state index contributed by atoms with van der Waals surface area (Å²) >= 11 is 3.57. The van der Waals surface area contributed by atoms with Crippen molar-refractivity contribution in [2.24, 2.45) is 0 Å². The number of hydrogen-bond donors (Lipinski definition) is 1. The molecule has 0 bridgehead atoms. The lowest BCUT2D eigenvalue weighted by atomic mass is 10.0. The molecule has 0 saturated heterocycles. The molecular formula is C20H19BrN2O3S. The van der Waals surface area contributed by atoms with Crippen LogP contribution >= 0.6 is 15.9 Å². The number of benzene rings is 2. The molecule has 0 saturated carbocycles. The van der Waals surface area contributed by atoms with Crippen LogP contribution in [0.1, 0.15) is 27.2 Å². The zero-order chi connectivity index (χ0) is 19.2. The van der Waals surface area contributed by atoms with E-state index >= 15 is 0 Å². The van der Waals surface area contributed by atoms with E-state index < -0.39 is 9.84 Å². The normalized spacial score (nSPS) is 14.4. The van der Waals surface area contributed by atoms with Crippen molar-refractivity contribution in [1.29, 1.82) is 0 Å². The van der Waals surface area contributed by atoms with Crippen molar-refractivity contribution < 1.29 is 13.2 Å². The Labute approximate surface area is 166 Å². The Morgan fingerprint density at radius 2 is 2.00 bits per heavy atom. The van der Waals surface area contributed by atoms with E-state index in [0.29, 0.717) is 24.2 Å². The van der Waals surface area contributed by atoms with Gasteiger partial charge >= 0.3 is 0 Å². The summed E-state index contributed by atoms with van der Waals surface area (Å²) in [7, 11) is -3.14. The van der Waals surface area contributed by atoms with Crippen LogP contribution in [0, 0.1) is 0 Å². The Kier molecular flexibility index (Phi) is 4.60. The molecule has 1 amide bonds. The van der Waals surface area contributed by atoms with Crippen LogP contribution in [0.15, 0.2) is 46.9 Å². The largest absolute Gasteiger partial charge is 0.357 e. The second kappa shape index (κ2) is 6.80. The minimum Gasteiger partial charge on any atom is -0.357 e. The number of sulfone groups is 1. The number of H-pyrrole nitrogens is 1. The molecule has 5 nitrogen and oxygen atoms in total. The average Bonchev–Trinajstić information content (AvgIpc) is 2.99. The van der Waals surface area contributed by atoms with E-state index in [1.54, 1.807) is 24.3 Å². The van der Waals surface area contributed by atoms with Gasteiger partial charge in [0, 0.05) is 52.4 Å². The minimum absolute atomic E-state index is 0.0608. The number of rotatable bonds is 3. The fraction of sp³-hybridized carbons (Fsp3) is 0.250. The molecule has 3 aromatic rings. The third-order valence-corrected chi connectivity index (χ3v) is 6.37. The van der Waals surface area contributed by atoms with Gasteiger partial charge in [-0.05, 0) is 39.7 Å². The molecule has 140 valence electrons. The first-order chi connectivity index (χ1) is 12.8. The fourth-order valence-corrected chi connectivity index (χ4v) is 4.91. The van der Waals surface area contributed by atoms with Gasteiger partial charge in [-0.3, -0.25) is 4.79 Å². The van der Waals surface area contributed by atoms with Crippen LogP contribution in [0.25, 0.3) is 10.9 Å². The van der Waals surface area contributed by atoms with Crippen LogP contribution in [0.2, 0.25) is 0 Å². The number of carbonyl (C=O) groups is 1. The highest BCUT2D eigenvalue weighted by atomic mass is 79.9. The van der Waals surface area contributed by atoms with Crippen molar-refractivity contribution in [3.8, 4) is 0 Å². The van der Waals surface area contributed by atoms with E-state index in [1.165, 1.54) is 11.9 Å². The Morgan fingerprint density at radius 1 is 1.22 bits per heavy atom. The van der Waals surface area contributed by atoms with Crippen LogP contribution in [0.3, 0.4) is 0 Å². The molecule has 0 aliphatic carbocycles. The quantitative estimate of drug-likeness (QED) is 0.666. The van der Waals surface area contributed by atoms with E-state index in [1.807, 2.05) is 17.0 Å². The summed E-state index contributed by atoms with van der Waals surface area (Å²) < 4.78 is 24.1. The predicted molar refractivity (Wildman–Crippen MR) is 109 cm³/mol. The van der Waals surface area contributed by atoms with Crippen molar-refractivity contribution in [2.45, 2.75) is 18.7 Å². The van der Waals surface area contributed by atoms with Crippen LogP contribution in [0.4, 0.5) is 0 Å². The van der Waals surface area contributed by atoms with Crippen molar-refractivity contribution in [3.05, 3.63) is 69.3 Å². The summed E-state index contributed by atoms with van der Waals surface area (Å²) in [4.78, 5) is 18.3. The standard InChI is InChI=1S/C20H19BrN2O3S/c1-27(25,26)12-13-4-2-5-14(10-13)20(24)23-9-8-18-16(11-23)15-6-3-7-17(21)19(15)22-18/h2-7,10,22H,8-9,11-12H2,1H3. The molecule has 0 spiro atoms. The molecule has 2 aromatic carbocycles. The van der Waals surface area contributed by atoms with Gasteiger partial charge in [0.25, 0.3) is 5.91 Å². The molecule has 27 heavy (non-hydrogen) atoms. The maximum Gasteiger partial charge on any atom is 0.254 e. The molecule has 7 heteroatoms. The van der Waals surface area contributed by atoms with Gasteiger partial charge in [-0.15, -0.1) is 0 Å². The highest BCUT2D eigenvalue weighted by molar-refractivity contribution is 9.10. The van der Waals surface area contributed by atoms with Gasteiger partial charge in [0.05, 0.1) is 11.3 Å². The molecule has 1 aromatic heterocycles. The molecule has 1 N–H and O–H groups in total. The summed E-state index contributed by atoms with van der Waals surface area (Å²) in [5.41, 5.74) is 4.55. The van der Waals surface area contributed by atoms with E-state index in [9.17, 15) is 13.2 Å². The lowest BCUT2D eigenvalue weighted by Crippen LogP contribution is -2.35. The second-order valence-electron chi connectivity index (χ2n) is 6.99. The van der Waals surface area contributed by atoms with E-state index in [-0.39, 0.29) is 11.7 Å². The molecule has 2 heterocycles. The van der Waals surface area contributed by atoms with Crippen LogP contribution in [-0.2, 0) is 28.6 Å². The zero-order valence-corrected chi connectivity index (χ0v) is 17.2. The SMILES string of the molecule is CS(=O)(=O)Cc1cccc(C(=O)N2CCc3[nH]c4c(Br)cccc4c3C2)c1. The highest BCUT2D eigenvalue weighted by Gasteiger charge is 2.25. The number of hydrogen-bond acceptors (Lipinski definition) is 3. The summed E-state index contributed by atoms with van der Waals surface area (Å²) in [6, 6.07) is 13.0. The smallest absolute Gasteiger partial charge is 0.254 e. The Hall–Kier alpha value is -2.12. The van der Waals surface area contributed by atoms with Crippen molar-refractivity contribution >= 4 is 42.6 Å². The number of aromatic amines is 1. The van der Waals surface area contributed by atoms with Gasteiger partial charge in [-0.2, -0.15) is 0 Å². The molecular weight excluding hydrogens is 428 g/mol. The molecule has 0 radical (unpaired) electrons. The third-order valence-electron chi connectivity index (χ3n) is 4.85. The number of amides is 1. The Bertz CT molecular complexity index is 1150. The second-order valence-corrected chi connectivity index (χ2v) is 9.99. The van der Waals surface area contributed by atoms with Crippen molar-refractivity contribution in [3.63, 3.8) is 0 Å². The number of carbonyl (C=O) groups excluding carboxylic acids is 1. The van der Waals surface area contributed by atoms with Gasteiger partial charge in [0.1, 0.15) is 0 Å². The molecule has 0 fully saturated rings. The van der Waals surface area contributed by atoms with Crippen molar-refractivity contribution in [1.82, 2.24) is 9.88 Å². The maximum absolute atomic E-state index is 13.0. The molecule has 1 aliphatic rings. The molecule has 4 rings (SSSR count). The monoisotopic (exact) mass is 446 g/mol. The van der Waals surface area contributed by atoms with Gasteiger partial charge in [0.2, 0.25) is 0 Å². The molecule has 0 unspecified atom stereocenters. The lowest BCUT2D eigenvalue weighted by Gasteiger charge is -2.27. The molecule has 0 atom stereocenters. The first-order valence-electron chi connectivity index (χ1n) is 8.66. The number of para-hydroxylation sites is 1. The van der Waals surface area contributed by atoms with Crippen molar-refractivity contribution in [2.75, 3.05) is 12.8 Å². The number of nitrogens with one attached hydrogen (secondary N) is 1. The minimum atomic E-state index is -3.14. The summed E-state index contributed by atoms with van der Waals surface area (Å²) in [5.74, 6) is -0.130. The topological polar surface area (TPSA) is 70.2 Å². The highest BCUT2D eigenvalue weighted by Crippen LogP contribution is 2.32. The lowest BCUT2D eigenvalue weighted by molar-refractivity contribution is 0.0735.